The highest BCUT2D eigenvalue weighted by molar-refractivity contribution is 5.96. The summed E-state index contributed by atoms with van der Waals surface area (Å²) in [5, 5.41) is 9.56. The van der Waals surface area contributed by atoms with Crippen LogP contribution in [0.15, 0.2) is 91.4 Å². The Labute approximate surface area is 306 Å². The molecule has 3 N–H and O–H groups in total. The summed E-state index contributed by atoms with van der Waals surface area (Å²) in [4.78, 5) is 65.9. The van der Waals surface area contributed by atoms with Crippen LogP contribution in [0, 0.1) is 22.7 Å². The van der Waals surface area contributed by atoms with E-state index in [9.17, 15) is 19.2 Å². The number of hydrogen-bond donors (Lipinski definition) is 3. The van der Waals surface area contributed by atoms with Gasteiger partial charge in [0, 0.05) is 66.4 Å². The zero-order valence-electron chi connectivity index (χ0n) is 30.3. The molecule has 2 unspecified atom stereocenters. The van der Waals surface area contributed by atoms with Crippen LogP contribution in [0.5, 0.6) is 0 Å². The smallest absolute Gasteiger partial charge is 0.272 e. The molecule has 11 heteroatoms. The van der Waals surface area contributed by atoms with Crippen molar-refractivity contribution in [2.24, 2.45) is 22.7 Å². The van der Waals surface area contributed by atoms with Crippen LogP contribution in [-0.2, 0) is 27.2 Å². The SMILES string of the molecule is CNCC1(C)C=CC=CC1CN(CC(=O)Nc1ccc2c(c1)C[C@H](C(=O)CNc1ccccc1)C2)C(=O)C1(C)CCN(C(=O)c2ccncn2)CC1. The molecule has 52 heavy (non-hydrogen) atoms. The van der Waals surface area contributed by atoms with E-state index < -0.39 is 5.41 Å². The third-order valence-corrected chi connectivity index (χ3v) is 11.0. The quantitative estimate of drug-likeness (QED) is 0.236. The summed E-state index contributed by atoms with van der Waals surface area (Å²) in [5.41, 5.74) is 3.07. The highest BCUT2D eigenvalue weighted by Gasteiger charge is 2.43. The lowest BCUT2D eigenvalue weighted by Gasteiger charge is -2.43. The number of hydrogen-bond acceptors (Lipinski definition) is 8. The fraction of sp³-hybridized carbons (Fsp3) is 0.415. The summed E-state index contributed by atoms with van der Waals surface area (Å²) in [6, 6.07) is 17.1. The number of Topliss-reactive ketones (excluding diaryl/α,β-unsaturated/α-hetero) is 1. The van der Waals surface area contributed by atoms with Gasteiger partial charge in [-0.3, -0.25) is 19.2 Å². The van der Waals surface area contributed by atoms with Gasteiger partial charge in [-0.05, 0) is 74.2 Å². The Balaban J connectivity index is 1.12. The number of fused-ring (bicyclic) bond motifs is 1. The third-order valence-electron chi connectivity index (χ3n) is 11.0. The number of amides is 3. The number of rotatable bonds is 13. The van der Waals surface area contributed by atoms with Crippen molar-refractivity contribution in [1.82, 2.24) is 25.1 Å². The van der Waals surface area contributed by atoms with Gasteiger partial charge >= 0.3 is 0 Å². The zero-order chi connectivity index (χ0) is 36.7. The van der Waals surface area contributed by atoms with Crippen molar-refractivity contribution >= 4 is 34.9 Å². The van der Waals surface area contributed by atoms with Crippen LogP contribution >= 0.6 is 0 Å². The number of carbonyl (C=O) groups excluding carboxylic acids is 4. The molecule has 6 rings (SSSR count). The van der Waals surface area contributed by atoms with Crippen LogP contribution in [0.2, 0.25) is 0 Å². The Kier molecular flexibility index (Phi) is 11.3. The number of likely N-dealkylation sites (tertiary alicyclic amines) is 1. The van der Waals surface area contributed by atoms with Gasteiger partial charge in [0.15, 0.2) is 5.78 Å². The van der Waals surface area contributed by atoms with Crippen molar-refractivity contribution in [3.8, 4) is 0 Å². The second-order valence-electron chi connectivity index (χ2n) is 14.8. The Morgan fingerprint density at radius 3 is 2.44 bits per heavy atom. The van der Waals surface area contributed by atoms with Crippen LogP contribution in [0.1, 0.15) is 48.3 Å². The molecule has 3 aliphatic rings. The van der Waals surface area contributed by atoms with Crippen LogP contribution in [0.4, 0.5) is 11.4 Å². The van der Waals surface area contributed by atoms with Crippen molar-refractivity contribution in [3.63, 3.8) is 0 Å². The van der Waals surface area contributed by atoms with Gasteiger partial charge in [0.25, 0.3) is 5.91 Å². The molecule has 272 valence electrons. The molecule has 3 amide bonds. The fourth-order valence-corrected chi connectivity index (χ4v) is 7.68. The van der Waals surface area contributed by atoms with Crippen molar-refractivity contribution in [3.05, 3.63) is 108 Å². The van der Waals surface area contributed by atoms with E-state index in [2.05, 4.69) is 45.0 Å². The summed E-state index contributed by atoms with van der Waals surface area (Å²) < 4.78 is 0. The number of nitrogens with one attached hydrogen (secondary N) is 3. The van der Waals surface area contributed by atoms with Crippen LogP contribution in [0.3, 0.4) is 0 Å². The summed E-state index contributed by atoms with van der Waals surface area (Å²) in [5.74, 6) is -0.519. The molecular formula is C41H49N7O4. The first-order valence-corrected chi connectivity index (χ1v) is 18.2. The van der Waals surface area contributed by atoms with Gasteiger partial charge in [0.2, 0.25) is 11.8 Å². The Bertz CT molecular complexity index is 1820. The van der Waals surface area contributed by atoms with E-state index in [-0.39, 0.29) is 53.8 Å². The number of ketones is 1. The molecule has 3 atom stereocenters. The fourth-order valence-electron chi connectivity index (χ4n) is 7.68. The molecule has 0 radical (unpaired) electrons. The summed E-state index contributed by atoms with van der Waals surface area (Å²) >= 11 is 0. The molecule has 0 bridgehead atoms. The molecule has 1 aliphatic heterocycles. The van der Waals surface area contributed by atoms with Gasteiger partial charge in [0.05, 0.1) is 13.1 Å². The number of allylic oxidation sites excluding steroid dienone is 2. The largest absolute Gasteiger partial charge is 0.378 e. The van der Waals surface area contributed by atoms with Crippen LogP contribution < -0.4 is 16.0 Å². The van der Waals surface area contributed by atoms with Crippen LogP contribution in [0.25, 0.3) is 0 Å². The van der Waals surface area contributed by atoms with E-state index in [0.717, 1.165) is 16.8 Å². The molecule has 2 heterocycles. The minimum atomic E-state index is -0.749. The number of nitrogens with zero attached hydrogens (tertiary/aromatic N) is 4. The molecule has 0 spiro atoms. The van der Waals surface area contributed by atoms with Crippen molar-refractivity contribution < 1.29 is 19.2 Å². The number of piperidine rings is 1. The lowest BCUT2D eigenvalue weighted by atomic mass is 9.73. The van der Waals surface area contributed by atoms with Gasteiger partial charge in [-0.25, -0.2) is 9.97 Å². The monoisotopic (exact) mass is 703 g/mol. The molecule has 2 aromatic carbocycles. The molecule has 1 saturated heterocycles. The maximum atomic E-state index is 14.5. The number of carbonyl (C=O) groups is 4. The first-order chi connectivity index (χ1) is 25.1. The zero-order valence-corrected chi connectivity index (χ0v) is 30.3. The maximum Gasteiger partial charge on any atom is 0.272 e. The van der Waals surface area contributed by atoms with E-state index in [0.29, 0.717) is 63.2 Å². The number of para-hydroxylation sites is 1. The van der Waals surface area contributed by atoms with Gasteiger partial charge in [-0.15, -0.1) is 0 Å². The van der Waals surface area contributed by atoms with Gasteiger partial charge in [-0.2, -0.15) is 0 Å². The summed E-state index contributed by atoms with van der Waals surface area (Å²) in [7, 11) is 1.92. The number of aromatic nitrogens is 2. The van der Waals surface area contributed by atoms with Gasteiger partial charge in [0.1, 0.15) is 12.0 Å². The minimum Gasteiger partial charge on any atom is -0.378 e. The first-order valence-electron chi connectivity index (χ1n) is 18.2. The van der Waals surface area contributed by atoms with E-state index in [4.69, 9.17) is 0 Å². The Morgan fingerprint density at radius 1 is 0.942 bits per heavy atom. The van der Waals surface area contributed by atoms with Crippen molar-refractivity contribution in [1.29, 1.82) is 0 Å². The van der Waals surface area contributed by atoms with Gasteiger partial charge in [-0.1, -0.05) is 62.4 Å². The molecular weight excluding hydrogens is 654 g/mol. The Hall–Kier alpha value is -5.16. The summed E-state index contributed by atoms with van der Waals surface area (Å²) in [6.07, 6.45) is 13.5. The predicted octanol–water partition coefficient (Wildman–Crippen LogP) is 4.55. The Morgan fingerprint density at radius 2 is 1.71 bits per heavy atom. The molecule has 1 fully saturated rings. The average molecular weight is 704 g/mol. The van der Waals surface area contributed by atoms with E-state index >= 15 is 0 Å². The lowest BCUT2D eigenvalue weighted by molar-refractivity contribution is -0.146. The van der Waals surface area contributed by atoms with Crippen LogP contribution in [-0.4, -0.2) is 89.6 Å². The van der Waals surface area contributed by atoms with E-state index in [1.54, 1.807) is 22.1 Å². The normalized spacial score (nSPS) is 21.6. The van der Waals surface area contributed by atoms with Gasteiger partial charge < -0.3 is 25.8 Å². The second-order valence-corrected chi connectivity index (χ2v) is 14.8. The standard InChI is InChI=1S/C41H49N7O4/c1-40(16-19-47(20-17-40)38(51)35-14-18-43-28-45-35)39(52)48(25-32-9-7-8-15-41(32,2)27-42-3)26-37(50)46-34-13-12-29-21-31(22-30(29)23-34)36(49)24-44-33-10-5-4-6-11-33/h4-15,18,23,28,31-32,42,44H,16-17,19-22,24-27H2,1-3H3,(H,46,50)/t31-,32?,41?/m1/s1. The van der Waals surface area contributed by atoms with E-state index in [1.807, 2.05) is 74.7 Å². The number of benzene rings is 2. The first kappa shape index (κ1) is 36.6. The van der Waals surface area contributed by atoms with Crippen molar-refractivity contribution in [2.75, 3.05) is 56.9 Å². The highest BCUT2D eigenvalue weighted by atomic mass is 16.2. The third kappa shape index (κ3) is 8.48. The number of anilines is 2. The topological polar surface area (TPSA) is 137 Å². The maximum absolute atomic E-state index is 14.5. The summed E-state index contributed by atoms with van der Waals surface area (Å²) in [6.45, 7) is 6.18. The second kappa shape index (κ2) is 16.0. The molecule has 2 aliphatic carbocycles. The van der Waals surface area contributed by atoms with E-state index in [1.165, 1.54) is 6.33 Å². The lowest BCUT2D eigenvalue weighted by Crippen LogP contribution is -2.53. The highest BCUT2D eigenvalue weighted by Crippen LogP contribution is 2.37. The molecule has 0 saturated carbocycles. The predicted molar refractivity (Wildman–Crippen MR) is 202 cm³/mol. The molecule has 3 aromatic rings. The molecule has 11 nitrogen and oxygen atoms in total. The minimum absolute atomic E-state index is 0.0180. The van der Waals surface area contributed by atoms with Crippen molar-refractivity contribution in [2.45, 2.75) is 39.5 Å². The molecule has 1 aromatic heterocycles. The average Bonchev–Trinajstić information content (AvgIpc) is 3.59.